The Hall–Kier alpha value is -1.07. The van der Waals surface area contributed by atoms with Gasteiger partial charge in [-0.05, 0) is 63.9 Å². The third kappa shape index (κ3) is 8.09. The van der Waals surface area contributed by atoms with Crippen molar-refractivity contribution in [1.82, 2.24) is 0 Å². The Balaban J connectivity index is 2.60. The largest absolute Gasteiger partial charge is 0.498 e. The van der Waals surface area contributed by atoms with E-state index in [4.69, 9.17) is 14.2 Å². The van der Waals surface area contributed by atoms with Crippen molar-refractivity contribution in [2.45, 2.75) is 78.9 Å². The molecule has 0 heterocycles. The van der Waals surface area contributed by atoms with Gasteiger partial charge in [0.1, 0.15) is 0 Å². The summed E-state index contributed by atoms with van der Waals surface area (Å²) in [5.74, 6) is 2.38. The maximum absolute atomic E-state index is 11.4. The second-order valence-electron chi connectivity index (χ2n) is 7.08. The number of esters is 1. The number of ether oxygens (including phenoxy) is 3. The zero-order valence-corrected chi connectivity index (χ0v) is 17.0. The molecule has 152 valence electrons. The van der Waals surface area contributed by atoms with Crippen LogP contribution in [-0.2, 0) is 19.0 Å². The van der Waals surface area contributed by atoms with E-state index in [1.165, 1.54) is 6.42 Å². The number of rotatable bonds is 13. The maximum Gasteiger partial charge on any atom is 0.305 e. The van der Waals surface area contributed by atoms with E-state index in [0.29, 0.717) is 56.8 Å². The molecule has 0 spiro atoms. The summed E-state index contributed by atoms with van der Waals surface area (Å²) in [6, 6.07) is 0. The predicted octanol–water partition coefficient (Wildman–Crippen LogP) is 4.44. The summed E-state index contributed by atoms with van der Waals surface area (Å²) in [6.45, 7) is 9.72. The van der Waals surface area contributed by atoms with Gasteiger partial charge in [0.05, 0.1) is 19.0 Å². The number of aliphatic hydroxyl groups is 1. The van der Waals surface area contributed by atoms with Gasteiger partial charge >= 0.3 is 5.97 Å². The van der Waals surface area contributed by atoms with E-state index in [-0.39, 0.29) is 5.97 Å². The molecule has 26 heavy (non-hydrogen) atoms. The van der Waals surface area contributed by atoms with E-state index >= 15 is 0 Å². The average molecular weight is 371 g/mol. The van der Waals surface area contributed by atoms with Crippen LogP contribution in [0.1, 0.15) is 72.6 Å². The van der Waals surface area contributed by atoms with Gasteiger partial charge in [-0.25, -0.2) is 0 Å². The summed E-state index contributed by atoms with van der Waals surface area (Å²) >= 11 is 0. The molecule has 4 atom stereocenters. The lowest BCUT2D eigenvalue weighted by molar-refractivity contribution is -0.143. The van der Waals surface area contributed by atoms with Gasteiger partial charge in [-0.1, -0.05) is 20.3 Å². The van der Waals surface area contributed by atoms with Crippen molar-refractivity contribution in [3.63, 3.8) is 0 Å². The highest BCUT2D eigenvalue weighted by Gasteiger charge is 2.32. The molecule has 0 aromatic carbocycles. The minimum atomic E-state index is -0.704. The van der Waals surface area contributed by atoms with E-state index in [9.17, 15) is 9.90 Å². The zero-order chi connectivity index (χ0) is 19.4. The summed E-state index contributed by atoms with van der Waals surface area (Å²) in [5.41, 5.74) is 0. The Labute approximate surface area is 159 Å². The van der Waals surface area contributed by atoms with Crippen LogP contribution in [0.25, 0.3) is 0 Å². The van der Waals surface area contributed by atoms with E-state index in [0.717, 1.165) is 25.0 Å². The molecular formula is C21H38O5. The number of allylic oxidation sites excluding steroid dienone is 2. The normalized spacial score (nSPS) is 22.4. The molecule has 0 aliphatic heterocycles. The second-order valence-corrected chi connectivity index (χ2v) is 7.08. The van der Waals surface area contributed by atoms with Gasteiger partial charge in [-0.2, -0.15) is 0 Å². The van der Waals surface area contributed by atoms with Gasteiger partial charge < -0.3 is 19.3 Å². The minimum absolute atomic E-state index is 0.164. The average Bonchev–Trinajstić information content (AvgIpc) is 2.63. The van der Waals surface area contributed by atoms with Crippen LogP contribution < -0.4 is 0 Å². The topological polar surface area (TPSA) is 65.0 Å². The first-order valence-corrected chi connectivity index (χ1v) is 10.3. The number of hydrogen-bond donors (Lipinski definition) is 1. The molecule has 1 aliphatic carbocycles. The first kappa shape index (κ1) is 23.0. The van der Waals surface area contributed by atoms with Crippen LogP contribution in [0.5, 0.6) is 0 Å². The molecule has 1 rings (SSSR count). The Bertz CT molecular complexity index is 421. The van der Waals surface area contributed by atoms with Gasteiger partial charge in [-0.3, -0.25) is 4.79 Å². The van der Waals surface area contributed by atoms with Gasteiger partial charge in [0.15, 0.2) is 6.29 Å². The quantitative estimate of drug-likeness (QED) is 0.295. The SMILES string of the molecule is CCOC(=O)CCCOC1=CCCC(C(C)CC)C1CCC(O)OCC. The van der Waals surface area contributed by atoms with Crippen molar-refractivity contribution < 1.29 is 24.1 Å². The molecule has 0 fully saturated rings. The first-order chi connectivity index (χ1) is 12.5. The Morgan fingerprint density at radius 2 is 2.08 bits per heavy atom. The van der Waals surface area contributed by atoms with E-state index in [1.54, 1.807) is 0 Å². The van der Waals surface area contributed by atoms with Crippen LogP contribution in [0.3, 0.4) is 0 Å². The summed E-state index contributed by atoms with van der Waals surface area (Å²) < 4.78 is 16.3. The van der Waals surface area contributed by atoms with Crippen molar-refractivity contribution in [2.24, 2.45) is 17.8 Å². The first-order valence-electron chi connectivity index (χ1n) is 10.3. The van der Waals surface area contributed by atoms with Gasteiger partial charge in [-0.15, -0.1) is 0 Å². The molecular weight excluding hydrogens is 332 g/mol. The van der Waals surface area contributed by atoms with Gasteiger partial charge in [0, 0.05) is 18.9 Å². The molecule has 5 heteroatoms. The van der Waals surface area contributed by atoms with Gasteiger partial charge in [0.25, 0.3) is 0 Å². The molecule has 1 aliphatic rings. The zero-order valence-electron chi connectivity index (χ0n) is 17.0. The molecule has 0 saturated carbocycles. The van der Waals surface area contributed by atoms with Crippen LogP contribution >= 0.6 is 0 Å². The number of hydrogen-bond acceptors (Lipinski definition) is 5. The lowest BCUT2D eigenvalue weighted by atomic mass is 9.72. The van der Waals surface area contributed by atoms with Crippen LogP contribution in [0.2, 0.25) is 0 Å². The van der Waals surface area contributed by atoms with Crippen molar-refractivity contribution in [1.29, 1.82) is 0 Å². The predicted molar refractivity (Wildman–Crippen MR) is 102 cm³/mol. The molecule has 0 radical (unpaired) electrons. The van der Waals surface area contributed by atoms with Gasteiger partial charge in [0.2, 0.25) is 0 Å². The summed E-state index contributed by atoms with van der Waals surface area (Å²) in [4.78, 5) is 11.4. The third-order valence-corrected chi connectivity index (χ3v) is 5.29. The molecule has 4 unspecified atom stereocenters. The van der Waals surface area contributed by atoms with E-state index in [2.05, 4.69) is 19.9 Å². The number of aliphatic hydroxyl groups excluding tert-OH is 1. The molecule has 0 amide bonds. The molecule has 0 saturated heterocycles. The molecule has 1 N–H and O–H groups in total. The lowest BCUT2D eigenvalue weighted by Gasteiger charge is -2.36. The number of carbonyl (C=O) groups excluding carboxylic acids is 1. The van der Waals surface area contributed by atoms with E-state index in [1.807, 2.05) is 13.8 Å². The van der Waals surface area contributed by atoms with Crippen molar-refractivity contribution in [2.75, 3.05) is 19.8 Å². The second kappa shape index (κ2) is 13.2. The monoisotopic (exact) mass is 370 g/mol. The van der Waals surface area contributed by atoms with Crippen molar-refractivity contribution in [3.05, 3.63) is 11.8 Å². The fourth-order valence-corrected chi connectivity index (χ4v) is 3.73. The van der Waals surface area contributed by atoms with Crippen molar-refractivity contribution in [3.8, 4) is 0 Å². The summed E-state index contributed by atoms with van der Waals surface area (Å²) in [7, 11) is 0. The van der Waals surface area contributed by atoms with Crippen LogP contribution in [0.4, 0.5) is 0 Å². The standard InChI is InChI=1S/C21H38O5/c1-5-16(4)17-10-8-11-19(18(17)13-14-21(23)25-7-3)26-15-9-12-20(22)24-6-2/h11,16-18,21,23H,5-10,12-15H2,1-4H3. The molecule has 0 bridgehead atoms. The number of carbonyl (C=O) groups is 1. The lowest BCUT2D eigenvalue weighted by Crippen LogP contribution is -2.28. The van der Waals surface area contributed by atoms with Crippen LogP contribution in [-0.4, -0.2) is 37.2 Å². The van der Waals surface area contributed by atoms with E-state index < -0.39 is 6.29 Å². The molecule has 0 aromatic heterocycles. The fraction of sp³-hybridized carbons (Fsp3) is 0.857. The Kier molecular flexibility index (Phi) is 11.6. The highest BCUT2D eigenvalue weighted by molar-refractivity contribution is 5.69. The summed E-state index contributed by atoms with van der Waals surface area (Å²) in [6.07, 6.45) is 7.38. The highest BCUT2D eigenvalue weighted by Crippen LogP contribution is 2.40. The summed E-state index contributed by atoms with van der Waals surface area (Å²) in [5, 5.41) is 9.94. The van der Waals surface area contributed by atoms with Crippen LogP contribution in [0.15, 0.2) is 11.8 Å². The fourth-order valence-electron chi connectivity index (χ4n) is 3.73. The smallest absolute Gasteiger partial charge is 0.305 e. The Morgan fingerprint density at radius 1 is 1.31 bits per heavy atom. The van der Waals surface area contributed by atoms with Crippen LogP contribution in [0, 0.1) is 17.8 Å². The maximum atomic E-state index is 11.4. The highest BCUT2D eigenvalue weighted by atomic mass is 16.6. The Morgan fingerprint density at radius 3 is 2.73 bits per heavy atom. The molecule has 5 nitrogen and oxygen atoms in total. The third-order valence-electron chi connectivity index (χ3n) is 5.29. The molecule has 0 aromatic rings. The van der Waals surface area contributed by atoms with Crippen molar-refractivity contribution >= 4 is 5.97 Å². The minimum Gasteiger partial charge on any atom is -0.498 e.